The Morgan fingerprint density at radius 1 is 1.12 bits per heavy atom. The van der Waals surface area contributed by atoms with Crippen LogP contribution in [0.25, 0.3) is 0 Å². The molecular formula is C20H19NO5. The number of ketones is 1. The van der Waals surface area contributed by atoms with Gasteiger partial charge in [0.2, 0.25) is 0 Å². The number of carboxylic acids is 1. The van der Waals surface area contributed by atoms with Crippen molar-refractivity contribution in [2.24, 2.45) is 0 Å². The fraction of sp³-hybridized carbons (Fsp3) is 0.250. The summed E-state index contributed by atoms with van der Waals surface area (Å²) in [5.41, 5.74) is 2.09. The summed E-state index contributed by atoms with van der Waals surface area (Å²) in [5, 5.41) is 8.98. The van der Waals surface area contributed by atoms with Crippen molar-refractivity contribution in [3.05, 3.63) is 59.2 Å². The fourth-order valence-corrected chi connectivity index (χ4v) is 2.86. The minimum absolute atomic E-state index is 0.0269. The van der Waals surface area contributed by atoms with Gasteiger partial charge in [-0.15, -0.1) is 0 Å². The van der Waals surface area contributed by atoms with Crippen LogP contribution in [0, 0.1) is 0 Å². The molecule has 2 aromatic carbocycles. The predicted octanol–water partition coefficient (Wildman–Crippen LogP) is 3.29. The second kappa shape index (κ2) is 7.39. The molecule has 0 radical (unpaired) electrons. The highest BCUT2D eigenvalue weighted by molar-refractivity contribution is 6.01. The zero-order valence-electron chi connectivity index (χ0n) is 14.4. The number of amides is 1. The average molecular weight is 353 g/mol. The molecule has 0 unspecified atom stereocenters. The summed E-state index contributed by atoms with van der Waals surface area (Å²) in [4.78, 5) is 37.1. The minimum atomic E-state index is -0.997. The van der Waals surface area contributed by atoms with Crippen molar-refractivity contribution in [2.45, 2.75) is 26.3 Å². The van der Waals surface area contributed by atoms with Gasteiger partial charge in [0.15, 0.2) is 12.4 Å². The van der Waals surface area contributed by atoms with Crippen molar-refractivity contribution >= 4 is 23.3 Å². The number of hydrogen-bond donors (Lipinski definition) is 1. The van der Waals surface area contributed by atoms with Gasteiger partial charge in [0.25, 0.3) is 5.91 Å². The van der Waals surface area contributed by atoms with Gasteiger partial charge in [-0.2, -0.15) is 0 Å². The highest BCUT2D eigenvalue weighted by atomic mass is 16.5. The van der Waals surface area contributed by atoms with E-state index in [-0.39, 0.29) is 30.4 Å². The number of carbonyl (C=O) groups is 3. The Bertz CT molecular complexity index is 857. The molecule has 0 aromatic heterocycles. The van der Waals surface area contributed by atoms with E-state index < -0.39 is 5.97 Å². The molecule has 1 N–H and O–H groups in total. The van der Waals surface area contributed by atoms with Gasteiger partial charge in [0, 0.05) is 12.0 Å². The first-order valence-electron chi connectivity index (χ1n) is 8.42. The van der Waals surface area contributed by atoms with Gasteiger partial charge in [0.1, 0.15) is 5.75 Å². The van der Waals surface area contributed by atoms with E-state index in [9.17, 15) is 14.4 Å². The first-order chi connectivity index (χ1) is 12.5. The van der Waals surface area contributed by atoms with Crippen molar-refractivity contribution < 1.29 is 24.2 Å². The molecule has 1 heterocycles. The monoisotopic (exact) mass is 353 g/mol. The number of aromatic carboxylic acids is 1. The van der Waals surface area contributed by atoms with Crippen molar-refractivity contribution in [1.82, 2.24) is 0 Å². The van der Waals surface area contributed by atoms with Crippen LogP contribution in [0.1, 0.15) is 46.0 Å². The van der Waals surface area contributed by atoms with Gasteiger partial charge in [-0.1, -0.05) is 19.1 Å². The number of anilines is 1. The largest absolute Gasteiger partial charge is 0.482 e. The summed E-state index contributed by atoms with van der Waals surface area (Å²) >= 11 is 0. The number of benzene rings is 2. The van der Waals surface area contributed by atoms with E-state index in [0.717, 1.165) is 12.0 Å². The van der Waals surface area contributed by atoms with E-state index in [0.29, 0.717) is 23.4 Å². The molecule has 1 amide bonds. The summed E-state index contributed by atoms with van der Waals surface area (Å²) < 4.78 is 5.47. The summed E-state index contributed by atoms with van der Waals surface area (Å²) in [7, 11) is 0. The van der Waals surface area contributed by atoms with E-state index in [2.05, 4.69) is 0 Å². The molecule has 0 saturated carbocycles. The molecule has 0 fully saturated rings. The lowest BCUT2D eigenvalue weighted by atomic mass is 10.0. The zero-order chi connectivity index (χ0) is 18.7. The highest BCUT2D eigenvalue weighted by Gasteiger charge is 2.26. The number of hydrogen-bond acceptors (Lipinski definition) is 4. The predicted molar refractivity (Wildman–Crippen MR) is 95.8 cm³/mol. The van der Waals surface area contributed by atoms with Crippen LogP contribution in [0.15, 0.2) is 42.5 Å². The Balaban J connectivity index is 1.90. The Morgan fingerprint density at radius 3 is 2.46 bits per heavy atom. The molecule has 0 saturated heterocycles. The number of ether oxygens (including phenoxy) is 1. The molecule has 0 spiro atoms. The van der Waals surface area contributed by atoms with Gasteiger partial charge in [-0.25, -0.2) is 4.79 Å². The van der Waals surface area contributed by atoms with E-state index in [4.69, 9.17) is 9.84 Å². The Hall–Kier alpha value is -3.15. The fourth-order valence-electron chi connectivity index (χ4n) is 2.86. The molecule has 0 atom stereocenters. The Kier molecular flexibility index (Phi) is 5.02. The second-order valence-electron chi connectivity index (χ2n) is 6.13. The first kappa shape index (κ1) is 17.7. The van der Waals surface area contributed by atoms with E-state index in [1.165, 1.54) is 12.1 Å². The quantitative estimate of drug-likeness (QED) is 0.806. The minimum Gasteiger partial charge on any atom is -0.482 e. The SMILES string of the molecule is CCCC(=O)c1ccc2c(c1)N(Cc1ccc(C(=O)O)cc1)C(=O)CO2. The Morgan fingerprint density at radius 2 is 1.81 bits per heavy atom. The molecule has 1 aliphatic rings. The number of rotatable bonds is 6. The van der Waals surface area contributed by atoms with Crippen LogP contribution < -0.4 is 9.64 Å². The van der Waals surface area contributed by atoms with Gasteiger partial charge in [0.05, 0.1) is 17.8 Å². The molecule has 1 aliphatic heterocycles. The average Bonchev–Trinajstić information content (AvgIpc) is 2.64. The molecule has 6 nitrogen and oxygen atoms in total. The van der Waals surface area contributed by atoms with E-state index in [1.807, 2.05) is 6.92 Å². The molecule has 2 aromatic rings. The molecule has 0 aliphatic carbocycles. The van der Waals surface area contributed by atoms with Crippen LogP contribution in [-0.2, 0) is 11.3 Å². The maximum atomic E-state index is 12.4. The molecule has 26 heavy (non-hydrogen) atoms. The van der Waals surface area contributed by atoms with Crippen molar-refractivity contribution in [3.8, 4) is 5.75 Å². The van der Waals surface area contributed by atoms with Gasteiger partial charge < -0.3 is 14.7 Å². The maximum absolute atomic E-state index is 12.4. The first-order valence-corrected chi connectivity index (χ1v) is 8.42. The van der Waals surface area contributed by atoms with Crippen LogP contribution in [-0.4, -0.2) is 29.4 Å². The van der Waals surface area contributed by atoms with Gasteiger partial charge in [-0.3, -0.25) is 9.59 Å². The smallest absolute Gasteiger partial charge is 0.335 e. The molecular weight excluding hydrogens is 334 g/mol. The van der Waals surface area contributed by atoms with Crippen LogP contribution in [0.3, 0.4) is 0 Å². The van der Waals surface area contributed by atoms with Crippen LogP contribution in [0.2, 0.25) is 0 Å². The summed E-state index contributed by atoms with van der Waals surface area (Å²) in [6.45, 7) is 2.15. The molecule has 3 rings (SSSR count). The van der Waals surface area contributed by atoms with Crippen molar-refractivity contribution in [1.29, 1.82) is 0 Å². The summed E-state index contributed by atoms with van der Waals surface area (Å²) in [6.07, 6.45) is 1.20. The number of fused-ring (bicyclic) bond motifs is 1. The van der Waals surface area contributed by atoms with Crippen LogP contribution in [0.4, 0.5) is 5.69 Å². The lowest BCUT2D eigenvalue weighted by Crippen LogP contribution is -2.38. The Labute approximate surface area is 151 Å². The zero-order valence-corrected chi connectivity index (χ0v) is 14.4. The molecule has 134 valence electrons. The standard InChI is InChI=1S/C20H19NO5/c1-2-3-17(22)15-8-9-18-16(10-15)21(19(23)12-26-18)11-13-4-6-14(7-5-13)20(24)25/h4-10H,2-3,11-12H2,1H3,(H,24,25). The van der Waals surface area contributed by atoms with E-state index >= 15 is 0 Å². The number of carbonyl (C=O) groups excluding carboxylic acids is 2. The molecule has 6 heteroatoms. The third-order valence-corrected chi connectivity index (χ3v) is 4.24. The van der Waals surface area contributed by atoms with Crippen LogP contribution in [0.5, 0.6) is 5.75 Å². The number of nitrogens with zero attached hydrogens (tertiary/aromatic N) is 1. The van der Waals surface area contributed by atoms with Crippen molar-refractivity contribution in [3.63, 3.8) is 0 Å². The molecule has 0 bridgehead atoms. The third-order valence-electron chi connectivity index (χ3n) is 4.24. The highest BCUT2D eigenvalue weighted by Crippen LogP contribution is 2.34. The van der Waals surface area contributed by atoms with Gasteiger partial charge in [-0.05, 0) is 42.3 Å². The lowest BCUT2D eigenvalue weighted by molar-refractivity contribution is -0.121. The second-order valence-corrected chi connectivity index (χ2v) is 6.13. The third kappa shape index (κ3) is 3.59. The maximum Gasteiger partial charge on any atom is 0.335 e. The summed E-state index contributed by atoms with van der Waals surface area (Å²) in [6, 6.07) is 11.5. The number of Topliss-reactive ketones (excluding diaryl/α,β-unsaturated/α-hetero) is 1. The lowest BCUT2D eigenvalue weighted by Gasteiger charge is -2.30. The van der Waals surface area contributed by atoms with Crippen LogP contribution >= 0.6 is 0 Å². The van der Waals surface area contributed by atoms with E-state index in [1.54, 1.807) is 35.2 Å². The topological polar surface area (TPSA) is 83.9 Å². The van der Waals surface area contributed by atoms with Gasteiger partial charge >= 0.3 is 5.97 Å². The number of carboxylic acid groups (broad SMARTS) is 1. The normalized spacial score (nSPS) is 13.1. The van der Waals surface area contributed by atoms with Crippen molar-refractivity contribution in [2.75, 3.05) is 11.5 Å². The summed E-state index contributed by atoms with van der Waals surface area (Å²) in [5.74, 6) is -0.623.